The minimum atomic E-state index is -2.98. The maximum atomic E-state index is 12.0. The summed E-state index contributed by atoms with van der Waals surface area (Å²) in [7, 11) is -2.98. The van der Waals surface area contributed by atoms with Gasteiger partial charge in [-0.1, -0.05) is 27.7 Å². The molecule has 18 heavy (non-hydrogen) atoms. The van der Waals surface area contributed by atoms with Crippen LogP contribution in [0.1, 0.15) is 61.3 Å². The van der Waals surface area contributed by atoms with Crippen LogP contribution in [0, 0.1) is 5.41 Å². The maximum absolute atomic E-state index is 12.0. The van der Waals surface area contributed by atoms with E-state index in [1.165, 1.54) is 0 Å². The summed E-state index contributed by atoms with van der Waals surface area (Å²) in [6.07, 6.45) is 1.64. The molecular formula is C14H31NO2S. The molecular weight excluding hydrogens is 246 g/mol. The summed E-state index contributed by atoms with van der Waals surface area (Å²) in [6, 6.07) is 0.373. The molecule has 1 unspecified atom stereocenters. The zero-order chi connectivity index (χ0) is 14.6. The fourth-order valence-corrected chi connectivity index (χ4v) is 3.03. The van der Waals surface area contributed by atoms with E-state index in [2.05, 4.69) is 33.0 Å². The highest BCUT2D eigenvalue weighted by molar-refractivity contribution is 7.92. The first kappa shape index (κ1) is 17.9. The Hall–Kier alpha value is -0.0900. The molecule has 0 aliphatic carbocycles. The average Bonchev–Trinajstić information content (AvgIpc) is 2.12. The zero-order valence-corrected chi connectivity index (χ0v) is 13.9. The van der Waals surface area contributed by atoms with Crippen molar-refractivity contribution < 1.29 is 8.42 Å². The van der Waals surface area contributed by atoms with Crippen molar-refractivity contribution in [3.63, 3.8) is 0 Å². The van der Waals surface area contributed by atoms with Crippen molar-refractivity contribution in [3.05, 3.63) is 0 Å². The van der Waals surface area contributed by atoms with Crippen molar-refractivity contribution in [3.8, 4) is 0 Å². The number of hydrogen-bond acceptors (Lipinski definition) is 3. The molecule has 3 nitrogen and oxygen atoms in total. The molecule has 4 heteroatoms. The van der Waals surface area contributed by atoms with E-state index in [1.54, 1.807) is 20.8 Å². The van der Waals surface area contributed by atoms with Gasteiger partial charge in [0.15, 0.2) is 9.84 Å². The molecule has 1 atom stereocenters. The van der Waals surface area contributed by atoms with Gasteiger partial charge in [0.2, 0.25) is 0 Å². The summed E-state index contributed by atoms with van der Waals surface area (Å²) in [5.41, 5.74) is 0.168. The monoisotopic (exact) mass is 277 g/mol. The van der Waals surface area contributed by atoms with Crippen LogP contribution in [-0.4, -0.2) is 31.5 Å². The number of nitrogens with one attached hydrogen (secondary N) is 1. The minimum absolute atomic E-state index is 0.168. The Kier molecular flexibility index (Phi) is 6.34. The highest BCUT2D eigenvalue weighted by Gasteiger charge is 2.29. The van der Waals surface area contributed by atoms with Gasteiger partial charge in [-0.15, -0.1) is 0 Å². The second kappa shape index (κ2) is 6.38. The van der Waals surface area contributed by atoms with Gasteiger partial charge in [0.25, 0.3) is 0 Å². The van der Waals surface area contributed by atoms with Crippen molar-refractivity contribution in [1.29, 1.82) is 0 Å². The topological polar surface area (TPSA) is 46.2 Å². The van der Waals surface area contributed by atoms with E-state index in [9.17, 15) is 8.42 Å². The summed E-state index contributed by atoms with van der Waals surface area (Å²) in [6.45, 7) is 14.9. The van der Waals surface area contributed by atoms with E-state index < -0.39 is 14.6 Å². The molecule has 0 rings (SSSR count). The summed E-state index contributed by atoms with van der Waals surface area (Å²) in [5, 5.41) is 3.45. The van der Waals surface area contributed by atoms with Crippen molar-refractivity contribution in [2.45, 2.75) is 72.1 Å². The third-order valence-corrected chi connectivity index (χ3v) is 6.03. The molecule has 0 aromatic rings. The van der Waals surface area contributed by atoms with Crippen molar-refractivity contribution in [2.75, 3.05) is 12.3 Å². The van der Waals surface area contributed by atoms with Crippen LogP contribution in [0.25, 0.3) is 0 Å². The van der Waals surface area contributed by atoms with Crippen LogP contribution < -0.4 is 5.32 Å². The van der Waals surface area contributed by atoms with Gasteiger partial charge in [0.05, 0.1) is 10.5 Å². The van der Waals surface area contributed by atoms with E-state index in [4.69, 9.17) is 0 Å². The van der Waals surface area contributed by atoms with Gasteiger partial charge in [0, 0.05) is 6.04 Å². The Bertz CT molecular complexity index is 334. The summed E-state index contributed by atoms with van der Waals surface area (Å²) in [5.74, 6) is 0.286. The second-order valence-electron chi connectivity index (χ2n) is 7.05. The van der Waals surface area contributed by atoms with Crippen LogP contribution in [0.2, 0.25) is 0 Å². The Morgan fingerprint density at radius 3 is 1.89 bits per heavy atom. The zero-order valence-electron chi connectivity index (χ0n) is 13.1. The maximum Gasteiger partial charge on any atom is 0.155 e. The first-order valence-electron chi connectivity index (χ1n) is 6.87. The lowest BCUT2D eigenvalue weighted by molar-refractivity contribution is 0.257. The largest absolute Gasteiger partial charge is 0.314 e. The minimum Gasteiger partial charge on any atom is -0.314 e. The number of rotatable bonds is 6. The lowest BCUT2D eigenvalue weighted by atomic mass is 9.84. The quantitative estimate of drug-likeness (QED) is 0.812. The summed E-state index contributed by atoms with van der Waals surface area (Å²) < 4.78 is 23.4. The van der Waals surface area contributed by atoms with Gasteiger partial charge in [-0.25, -0.2) is 8.42 Å². The number of hydrogen-bond donors (Lipinski definition) is 1. The van der Waals surface area contributed by atoms with Crippen LogP contribution in [-0.2, 0) is 9.84 Å². The highest BCUT2D eigenvalue weighted by atomic mass is 32.2. The SMILES string of the molecule is CCNC(CCCS(=O)(=O)C(C)(C)C)C(C)(C)C. The van der Waals surface area contributed by atoms with Gasteiger partial charge in [0.1, 0.15) is 0 Å². The van der Waals surface area contributed by atoms with Crippen LogP contribution in [0.3, 0.4) is 0 Å². The third-order valence-electron chi connectivity index (χ3n) is 3.33. The molecule has 1 N–H and O–H groups in total. The predicted molar refractivity (Wildman–Crippen MR) is 79.7 cm³/mol. The van der Waals surface area contributed by atoms with Crippen molar-refractivity contribution >= 4 is 9.84 Å². The molecule has 0 aromatic carbocycles. The van der Waals surface area contributed by atoms with Crippen LogP contribution in [0.5, 0.6) is 0 Å². The molecule has 0 radical (unpaired) electrons. The first-order chi connectivity index (χ1) is 7.92. The Labute approximate surface area is 114 Å². The lowest BCUT2D eigenvalue weighted by Crippen LogP contribution is -2.40. The van der Waals surface area contributed by atoms with Crippen LogP contribution >= 0.6 is 0 Å². The van der Waals surface area contributed by atoms with Gasteiger partial charge in [-0.3, -0.25) is 0 Å². The fourth-order valence-electron chi connectivity index (χ4n) is 1.87. The smallest absolute Gasteiger partial charge is 0.155 e. The molecule has 0 aliphatic rings. The molecule has 0 spiro atoms. The van der Waals surface area contributed by atoms with Gasteiger partial charge in [-0.2, -0.15) is 0 Å². The highest BCUT2D eigenvalue weighted by Crippen LogP contribution is 2.24. The van der Waals surface area contributed by atoms with Gasteiger partial charge >= 0.3 is 0 Å². The summed E-state index contributed by atoms with van der Waals surface area (Å²) in [4.78, 5) is 0. The van der Waals surface area contributed by atoms with Gasteiger partial charge < -0.3 is 5.32 Å². The molecule has 0 aromatic heterocycles. The van der Waals surface area contributed by atoms with Crippen molar-refractivity contribution in [1.82, 2.24) is 5.32 Å². The number of sulfone groups is 1. The summed E-state index contributed by atoms with van der Waals surface area (Å²) >= 11 is 0. The second-order valence-corrected chi connectivity index (χ2v) is 9.91. The van der Waals surface area contributed by atoms with E-state index in [1.807, 2.05) is 0 Å². The van der Waals surface area contributed by atoms with Crippen LogP contribution in [0.15, 0.2) is 0 Å². The average molecular weight is 277 g/mol. The standard InChI is InChI=1S/C14H31NO2S/c1-8-15-12(13(2,3)4)10-9-11-18(16,17)14(5,6)7/h12,15H,8-11H2,1-7H3. The van der Waals surface area contributed by atoms with E-state index in [0.29, 0.717) is 6.04 Å². The molecule has 0 amide bonds. The molecule has 0 fully saturated rings. The van der Waals surface area contributed by atoms with E-state index >= 15 is 0 Å². The van der Waals surface area contributed by atoms with E-state index in [0.717, 1.165) is 19.4 Å². The fraction of sp³-hybridized carbons (Fsp3) is 1.00. The Morgan fingerprint density at radius 1 is 1.06 bits per heavy atom. The van der Waals surface area contributed by atoms with Gasteiger partial charge in [-0.05, 0) is 45.6 Å². The molecule has 0 bridgehead atoms. The lowest BCUT2D eigenvalue weighted by Gasteiger charge is -2.31. The molecule has 0 aliphatic heterocycles. The Morgan fingerprint density at radius 2 is 1.56 bits per heavy atom. The molecule has 0 saturated carbocycles. The van der Waals surface area contributed by atoms with Crippen LogP contribution in [0.4, 0.5) is 0 Å². The predicted octanol–water partition coefficient (Wildman–Crippen LogP) is 3.00. The first-order valence-corrected chi connectivity index (χ1v) is 8.52. The van der Waals surface area contributed by atoms with E-state index in [-0.39, 0.29) is 11.2 Å². The van der Waals surface area contributed by atoms with Crippen molar-refractivity contribution in [2.24, 2.45) is 5.41 Å². The molecule has 0 saturated heterocycles. The molecule has 110 valence electrons. The third kappa shape index (κ3) is 5.70. The Balaban J connectivity index is 4.41. The molecule has 0 heterocycles. The normalized spacial score (nSPS) is 15.7.